The topological polar surface area (TPSA) is 21.3 Å². The molecule has 2 heteroatoms. The number of aryl methyl sites for hydroxylation is 1. The van der Waals surface area contributed by atoms with Crippen molar-refractivity contribution in [2.24, 2.45) is 0 Å². The summed E-state index contributed by atoms with van der Waals surface area (Å²) in [7, 11) is 1.69. The molecule has 1 atom stereocenters. The van der Waals surface area contributed by atoms with Crippen LogP contribution in [0.15, 0.2) is 48.5 Å². The molecule has 20 heavy (non-hydrogen) atoms. The summed E-state index contributed by atoms with van der Waals surface area (Å²) in [5.74, 6) is 0.912. The Hall–Kier alpha value is -1.80. The molecule has 2 rings (SSSR count). The third-order valence-electron chi connectivity index (χ3n) is 3.68. The summed E-state index contributed by atoms with van der Waals surface area (Å²) >= 11 is 0. The molecule has 2 nitrogen and oxygen atoms in total. The number of benzene rings is 2. The van der Waals surface area contributed by atoms with E-state index in [2.05, 4.69) is 55.6 Å². The maximum Gasteiger partial charge on any atom is 0.118 e. The van der Waals surface area contributed by atoms with Gasteiger partial charge in [-0.25, -0.2) is 0 Å². The fourth-order valence-corrected chi connectivity index (χ4v) is 2.41. The van der Waals surface area contributed by atoms with Gasteiger partial charge in [0.25, 0.3) is 0 Å². The zero-order valence-electron chi connectivity index (χ0n) is 12.5. The average molecular weight is 269 g/mol. The van der Waals surface area contributed by atoms with E-state index < -0.39 is 0 Å². The number of methoxy groups -OCH3 is 1. The Labute approximate surface area is 121 Å². The lowest BCUT2D eigenvalue weighted by molar-refractivity contribution is 0.414. The van der Waals surface area contributed by atoms with Crippen LogP contribution in [-0.4, -0.2) is 13.7 Å². The van der Waals surface area contributed by atoms with Gasteiger partial charge in [0.15, 0.2) is 0 Å². The lowest BCUT2D eigenvalue weighted by Crippen LogP contribution is -2.22. The quantitative estimate of drug-likeness (QED) is 0.859. The zero-order chi connectivity index (χ0) is 14.4. The smallest absolute Gasteiger partial charge is 0.118 e. The number of rotatable bonds is 6. The summed E-state index contributed by atoms with van der Waals surface area (Å²) in [4.78, 5) is 0. The fourth-order valence-electron chi connectivity index (χ4n) is 2.41. The minimum atomic E-state index is 0.384. The van der Waals surface area contributed by atoms with Gasteiger partial charge in [-0.05, 0) is 55.6 Å². The van der Waals surface area contributed by atoms with Crippen molar-refractivity contribution in [3.63, 3.8) is 0 Å². The Bertz CT molecular complexity index is 533. The number of hydrogen-bond donors (Lipinski definition) is 1. The first-order valence-electron chi connectivity index (χ1n) is 7.12. The minimum absolute atomic E-state index is 0.384. The highest BCUT2D eigenvalue weighted by Crippen LogP contribution is 2.17. The molecule has 0 aliphatic heterocycles. The summed E-state index contributed by atoms with van der Waals surface area (Å²) in [6, 6.07) is 17.2. The van der Waals surface area contributed by atoms with Crippen LogP contribution >= 0.6 is 0 Å². The van der Waals surface area contributed by atoms with E-state index in [-0.39, 0.29) is 0 Å². The molecule has 0 radical (unpaired) electrons. The molecule has 0 aliphatic rings. The molecule has 0 aliphatic carbocycles. The Morgan fingerprint density at radius 1 is 1.05 bits per heavy atom. The van der Waals surface area contributed by atoms with Crippen molar-refractivity contribution in [2.45, 2.75) is 26.3 Å². The first-order chi connectivity index (χ1) is 9.70. The number of nitrogens with one attached hydrogen (secondary N) is 1. The van der Waals surface area contributed by atoms with Crippen molar-refractivity contribution in [3.8, 4) is 5.75 Å². The van der Waals surface area contributed by atoms with Gasteiger partial charge in [-0.2, -0.15) is 0 Å². The third-order valence-corrected chi connectivity index (χ3v) is 3.68. The van der Waals surface area contributed by atoms with Crippen molar-refractivity contribution in [1.82, 2.24) is 5.32 Å². The molecule has 1 N–H and O–H groups in total. The molecule has 106 valence electrons. The fraction of sp³-hybridized carbons (Fsp3) is 0.333. The predicted octanol–water partition coefficient (Wildman–Crippen LogP) is 3.90. The van der Waals surface area contributed by atoms with Crippen molar-refractivity contribution >= 4 is 0 Å². The van der Waals surface area contributed by atoms with Crippen LogP contribution in [0.5, 0.6) is 5.75 Å². The summed E-state index contributed by atoms with van der Waals surface area (Å²) < 4.78 is 5.17. The maximum atomic E-state index is 5.17. The van der Waals surface area contributed by atoms with Crippen molar-refractivity contribution in [2.75, 3.05) is 13.7 Å². The van der Waals surface area contributed by atoms with Crippen LogP contribution in [0.1, 0.15) is 29.7 Å². The van der Waals surface area contributed by atoms with E-state index in [0.717, 1.165) is 18.7 Å². The molecule has 0 amide bonds. The molecule has 0 heterocycles. The largest absolute Gasteiger partial charge is 0.497 e. The highest BCUT2D eigenvalue weighted by atomic mass is 16.5. The Kier molecular flexibility index (Phi) is 5.19. The van der Waals surface area contributed by atoms with Crippen LogP contribution in [-0.2, 0) is 6.42 Å². The number of ether oxygens (including phenoxy) is 1. The van der Waals surface area contributed by atoms with Crippen LogP contribution in [0.4, 0.5) is 0 Å². The van der Waals surface area contributed by atoms with Gasteiger partial charge >= 0.3 is 0 Å². The molecule has 0 saturated carbocycles. The summed E-state index contributed by atoms with van der Waals surface area (Å²) in [6.07, 6.45) is 1.03. The molecule has 0 unspecified atom stereocenters. The van der Waals surface area contributed by atoms with Crippen LogP contribution in [0.25, 0.3) is 0 Å². The molecule has 0 spiro atoms. The lowest BCUT2D eigenvalue weighted by atomic mass is 10.0. The SMILES string of the molecule is COc1ccc(CCN[C@H](C)c2ccccc2C)cc1. The molecule has 0 bridgehead atoms. The molecule has 2 aromatic rings. The van der Waals surface area contributed by atoms with Gasteiger partial charge in [0.2, 0.25) is 0 Å². The lowest BCUT2D eigenvalue weighted by Gasteiger charge is -2.16. The van der Waals surface area contributed by atoms with Gasteiger partial charge in [-0.15, -0.1) is 0 Å². The molecule has 0 aromatic heterocycles. The average Bonchev–Trinajstić information content (AvgIpc) is 2.48. The van der Waals surface area contributed by atoms with E-state index in [1.165, 1.54) is 16.7 Å². The van der Waals surface area contributed by atoms with Crippen molar-refractivity contribution in [1.29, 1.82) is 0 Å². The molecule has 2 aromatic carbocycles. The van der Waals surface area contributed by atoms with Crippen molar-refractivity contribution in [3.05, 3.63) is 65.2 Å². The van der Waals surface area contributed by atoms with Gasteiger partial charge in [-0.1, -0.05) is 36.4 Å². The van der Waals surface area contributed by atoms with Gasteiger partial charge in [0.05, 0.1) is 7.11 Å². The van der Waals surface area contributed by atoms with E-state index in [1.807, 2.05) is 12.1 Å². The highest BCUT2D eigenvalue weighted by Gasteiger charge is 2.06. The third kappa shape index (κ3) is 3.84. The van der Waals surface area contributed by atoms with Crippen LogP contribution in [0.3, 0.4) is 0 Å². The first kappa shape index (κ1) is 14.6. The standard InChI is InChI=1S/C18H23NO/c1-14-6-4-5-7-18(14)15(2)19-13-12-16-8-10-17(20-3)11-9-16/h4-11,15,19H,12-13H2,1-3H3/t15-/m1/s1. The highest BCUT2D eigenvalue weighted by molar-refractivity contribution is 5.29. The minimum Gasteiger partial charge on any atom is -0.497 e. The zero-order valence-corrected chi connectivity index (χ0v) is 12.5. The molecular weight excluding hydrogens is 246 g/mol. The van der Waals surface area contributed by atoms with Crippen LogP contribution < -0.4 is 10.1 Å². The summed E-state index contributed by atoms with van der Waals surface area (Å²) in [6.45, 7) is 5.36. The Morgan fingerprint density at radius 3 is 2.40 bits per heavy atom. The molecule has 0 saturated heterocycles. The van der Waals surface area contributed by atoms with Gasteiger partial charge in [0.1, 0.15) is 5.75 Å². The first-order valence-corrected chi connectivity index (χ1v) is 7.12. The van der Waals surface area contributed by atoms with Gasteiger partial charge in [0, 0.05) is 6.04 Å². The normalized spacial score (nSPS) is 12.2. The Balaban J connectivity index is 1.84. The predicted molar refractivity (Wildman–Crippen MR) is 84.3 cm³/mol. The summed E-state index contributed by atoms with van der Waals surface area (Å²) in [5, 5.41) is 3.59. The maximum absolute atomic E-state index is 5.17. The number of hydrogen-bond acceptors (Lipinski definition) is 2. The van der Waals surface area contributed by atoms with Gasteiger partial charge in [-0.3, -0.25) is 0 Å². The molecular formula is C18H23NO. The molecule has 0 fully saturated rings. The van der Waals surface area contributed by atoms with Crippen LogP contribution in [0, 0.1) is 6.92 Å². The van der Waals surface area contributed by atoms with Crippen molar-refractivity contribution < 1.29 is 4.74 Å². The Morgan fingerprint density at radius 2 is 1.75 bits per heavy atom. The van der Waals surface area contributed by atoms with E-state index in [9.17, 15) is 0 Å². The summed E-state index contributed by atoms with van der Waals surface area (Å²) in [5.41, 5.74) is 4.05. The van der Waals surface area contributed by atoms with E-state index in [0.29, 0.717) is 6.04 Å². The van der Waals surface area contributed by atoms with Gasteiger partial charge < -0.3 is 10.1 Å². The van der Waals surface area contributed by atoms with Crippen LogP contribution in [0.2, 0.25) is 0 Å². The second-order valence-electron chi connectivity index (χ2n) is 5.13. The van der Waals surface area contributed by atoms with E-state index in [1.54, 1.807) is 7.11 Å². The monoisotopic (exact) mass is 269 g/mol. The van der Waals surface area contributed by atoms with E-state index >= 15 is 0 Å². The second kappa shape index (κ2) is 7.11. The second-order valence-corrected chi connectivity index (χ2v) is 5.13. The van der Waals surface area contributed by atoms with E-state index in [4.69, 9.17) is 4.74 Å².